The first-order chi connectivity index (χ1) is 7.96. The lowest BCUT2D eigenvalue weighted by Crippen LogP contribution is -2.62. The molecule has 1 saturated carbocycles. The topological polar surface area (TPSA) is 83.5 Å². The molecule has 5 nitrogen and oxygen atoms in total. The summed E-state index contributed by atoms with van der Waals surface area (Å²) in [5, 5.41) is 9.48. The summed E-state index contributed by atoms with van der Waals surface area (Å²) < 4.78 is 64.7. The number of aliphatic carboxylic acids is 1. The minimum absolute atomic E-state index is 0.143. The Labute approximate surface area is 100 Å². The molecule has 0 unspecified atom stereocenters. The molecule has 1 aliphatic carbocycles. The fraction of sp³-hybridized carbons (Fsp3) is 0.875. The van der Waals surface area contributed by atoms with Crippen molar-refractivity contribution < 1.29 is 35.4 Å². The van der Waals surface area contributed by atoms with Crippen LogP contribution in [0, 0.1) is 5.41 Å². The normalized spacial score (nSPS) is 22.4. The maximum atomic E-state index is 12.3. The maximum absolute atomic E-state index is 12.3. The third kappa shape index (κ3) is 3.55. The fourth-order valence-corrected chi connectivity index (χ4v) is 2.98. The van der Waals surface area contributed by atoms with Crippen molar-refractivity contribution in [3.63, 3.8) is 0 Å². The Morgan fingerprint density at radius 3 is 1.83 bits per heavy atom. The van der Waals surface area contributed by atoms with Crippen LogP contribution in [0.4, 0.5) is 17.1 Å². The third-order valence-electron chi connectivity index (χ3n) is 2.96. The predicted octanol–water partition coefficient (Wildman–Crippen LogP) is 0.671. The molecular formula is C8H11F4NO4S. The SMILES string of the molecule is O=C(O)C(F)(F)F.O=S(=O)(F)C1CC2(CNC2)C1. The number of carboxylic acids is 1. The summed E-state index contributed by atoms with van der Waals surface area (Å²) in [6, 6.07) is 0. The van der Waals surface area contributed by atoms with Crippen molar-refractivity contribution in [2.45, 2.75) is 24.3 Å². The van der Waals surface area contributed by atoms with E-state index in [0.29, 0.717) is 12.8 Å². The lowest BCUT2D eigenvalue weighted by atomic mass is 9.64. The van der Waals surface area contributed by atoms with Gasteiger partial charge in [0.25, 0.3) is 0 Å². The van der Waals surface area contributed by atoms with Crippen LogP contribution in [0.5, 0.6) is 0 Å². The van der Waals surface area contributed by atoms with E-state index >= 15 is 0 Å². The first-order valence-corrected chi connectivity index (χ1v) is 6.35. The first-order valence-electron chi connectivity index (χ1n) is 4.91. The fourth-order valence-electron chi connectivity index (χ4n) is 1.87. The molecule has 1 heterocycles. The molecule has 0 bridgehead atoms. The van der Waals surface area contributed by atoms with Gasteiger partial charge in [0, 0.05) is 13.1 Å². The van der Waals surface area contributed by atoms with Crippen LogP contribution in [-0.4, -0.2) is 44.0 Å². The highest BCUT2D eigenvalue weighted by molar-refractivity contribution is 7.87. The van der Waals surface area contributed by atoms with Gasteiger partial charge in [0.05, 0.1) is 5.25 Å². The second-order valence-electron chi connectivity index (χ2n) is 4.41. The summed E-state index contributed by atoms with van der Waals surface area (Å²) in [5.41, 5.74) is 0.143. The monoisotopic (exact) mass is 293 g/mol. The first kappa shape index (κ1) is 15.2. The van der Waals surface area contributed by atoms with Crippen molar-refractivity contribution >= 4 is 16.2 Å². The molecule has 18 heavy (non-hydrogen) atoms. The second-order valence-corrected chi connectivity index (χ2v) is 6.03. The van der Waals surface area contributed by atoms with Crippen LogP contribution in [0.2, 0.25) is 0 Å². The van der Waals surface area contributed by atoms with Crippen molar-refractivity contribution in [2.75, 3.05) is 13.1 Å². The van der Waals surface area contributed by atoms with Crippen molar-refractivity contribution in [1.82, 2.24) is 5.32 Å². The largest absolute Gasteiger partial charge is 0.490 e. The highest BCUT2D eigenvalue weighted by Gasteiger charge is 2.53. The summed E-state index contributed by atoms with van der Waals surface area (Å²) in [6.45, 7) is 1.72. The molecule has 106 valence electrons. The molecular weight excluding hydrogens is 282 g/mol. The van der Waals surface area contributed by atoms with Crippen molar-refractivity contribution in [3.8, 4) is 0 Å². The Bertz CT molecular complexity index is 421. The van der Waals surface area contributed by atoms with E-state index in [4.69, 9.17) is 9.90 Å². The van der Waals surface area contributed by atoms with Crippen LogP contribution < -0.4 is 5.32 Å². The Hall–Kier alpha value is -0.900. The molecule has 0 aromatic carbocycles. The minimum Gasteiger partial charge on any atom is -0.475 e. The molecule has 2 fully saturated rings. The summed E-state index contributed by atoms with van der Waals surface area (Å²) in [5.74, 6) is -2.76. The van der Waals surface area contributed by atoms with Crippen molar-refractivity contribution in [3.05, 3.63) is 0 Å². The summed E-state index contributed by atoms with van der Waals surface area (Å²) in [4.78, 5) is 8.90. The van der Waals surface area contributed by atoms with E-state index in [-0.39, 0.29) is 5.41 Å². The number of hydrogen-bond acceptors (Lipinski definition) is 4. The maximum Gasteiger partial charge on any atom is 0.490 e. The third-order valence-corrected chi connectivity index (χ3v) is 4.09. The minimum atomic E-state index is -5.08. The Morgan fingerprint density at radius 2 is 1.67 bits per heavy atom. The van der Waals surface area contributed by atoms with E-state index in [1.165, 1.54) is 0 Å². The molecule has 0 atom stereocenters. The molecule has 0 aromatic heterocycles. The molecule has 2 rings (SSSR count). The zero-order chi connectivity index (χ0) is 14.2. The lowest BCUT2D eigenvalue weighted by molar-refractivity contribution is -0.192. The van der Waals surface area contributed by atoms with Gasteiger partial charge in [-0.15, -0.1) is 3.89 Å². The van der Waals surface area contributed by atoms with Gasteiger partial charge in [-0.2, -0.15) is 21.6 Å². The van der Waals surface area contributed by atoms with E-state index in [1.807, 2.05) is 0 Å². The van der Waals surface area contributed by atoms with Crippen LogP contribution in [0.25, 0.3) is 0 Å². The molecule has 2 N–H and O–H groups in total. The molecule has 2 aliphatic rings. The van der Waals surface area contributed by atoms with Gasteiger partial charge in [-0.25, -0.2) is 4.79 Å². The summed E-state index contributed by atoms with van der Waals surface area (Å²) in [7, 11) is -4.24. The molecule has 0 amide bonds. The van der Waals surface area contributed by atoms with Crippen LogP contribution in [0.3, 0.4) is 0 Å². The molecule has 0 aromatic rings. The zero-order valence-electron chi connectivity index (χ0n) is 9.00. The van der Waals surface area contributed by atoms with Gasteiger partial charge in [0.15, 0.2) is 0 Å². The standard InChI is InChI=1S/C6H10FNO2S.C2HF3O2/c7-11(9,10)5-1-6(2-5)3-8-4-6;3-2(4,5)1(6)7/h5,8H,1-4H2;(H,6,7). The van der Waals surface area contributed by atoms with Crippen LogP contribution in [0.1, 0.15) is 12.8 Å². The average Bonchev–Trinajstić information content (AvgIpc) is 1.93. The van der Waals surface area contributed by atoms with Gasteiger partial charge in [0.2, 0.25) is 0 Å². The second kappa shape index (κ2) is 4.65. The highest BCUT2D eigenvalue weighted by atomic mass is 32.3. The van der Waals surface area contributed by atoms with Crippen molar-refractivity contribution in [2.24, 2.45) is 5.41 Å². The van der Waals surface area contributed by atoms with Crippen LogP contribution in [0.15, 0.2) is 0 Å². The summed E-state index contributed by atoms with van der Waals surface area (Å²) in [6.07, 6.45) is -4.06. The van der Waals surface area contributed by atoms with Gasteiger partial charge in [-0.3, -0.25) is 0 Å². The molecule has 1 spiro atoms. The summed E-state index contributed by atoms with van der Waals surface area (Å²) >= 11 is 0. The highest BCUT2D eigenvalue weighted by Crippen LogP contribution is 2.47. The number of carboxylic acid groups (broad SMARTS) is 1. The number of nitrogens with one attached hydrogen (secondary N) is 1. The number of carbonyl (C=O) groups is 1. The van der Waals surface area contributed by atoms with E-state index in [2.05, 4.69) is 5.32 Å². The van der Waals surface area contributed by atoms with Crippen LogP contribution >= 0.6 is 0 Å². The quantitative estimate of drug-likeness (QED) is 0.548. The van der Waals surface area contributed by atoms with Gasteiger partial charge in [-0.05, 0) is 18.3 Å². The van der Waals surface area contributed by atoms with E-state index < -0.39 is 27.6 Å². The molecule has 1 aliphatic heterocycles. The van der Waals surface area contributed by atoms with Gasteiger partial charge >= 0.3 is 22.4 Å². The molecule has 0 radical (unpaired) electrons. The van der Waals surface area contributed by atoms with Crippen molar-refractivity contribution in [1.29, 1.82) is 0 Å². The van der Waals surface area contributed by atoms with Gasteiger partial charge < -0.3 is 10.4 Å². The lowest BCUT2D eigenvalue weighted by Gasteiger charge is -2.52. The zero-order valence-corrected chi connectivity index (χ0v) is 9.81. The number of alkyl halides is 3. The van der Waals surface area contributed by atoms with E-state index in [1.54, 1.807) is 0 Å². The van der Waals surface area contributed by atoms with Crippen LogP contribution in [-0.2, 0) is 15.0 Å². The number of halogens is 4. The smallest absolute Gasteiger partial charge is 0.475 e. The van der Waals surface area contributed by atoms with E-state index in [9.17, 15) is 25.5 Å². The number of hydrogen-bond donors (Lipinski definition) is 2. The van der Waals surface area contributed by atoms with Gasteiger partial charge in [0.1, 0.15) is 0 Å². The Morgan fingerprint density at radius 1 is 1.28 bits per heavy atom. The average molecular weight is 293 g/mol. The molecule has 10 heteroatoms. The predicted molar refractivity (Wildman–Crippen MR) is 52.0 cm³/mol. The Balaban J connectivity index is 0.000000203. The van der Waals surface area contributed by atoms with Gasteiger partial charge in [-0.1, -0.05) is 0 Å². The van der Waals surface area contributed by atoms with E-state index in [0.717, 1.165) is 13.1 Å². The number of rotatable bonds is 1. The Kier molecular flexibility index (Phi) is 3.92. The molecule has 1 saturated heterocycles.